The van der Waals surface area contributed by atoms with Gasteiger partial charge < -0.3 is 18.7 Å². The lowest BCUT2D eigenvalue weighted by atomic mass is 10.2. The van der Waals surface area contributed by atoms with Crippen LogP contribution in [-0.2, 0) is 28.1 Å². The van der Waals surface area contributed by atoms with E-state index in [0.29, 0.717) is 36.7 Å². The predicted octanol–water partition coefficient (Wildman–Crippen LogP) is 4.76. The summed E-state index contributed by atoms with van der Waals surface area (Å²) in [5, 5.41) is 0. The standard InChI is InChI=1S/C19H28FO7PS2/c1-2-27-28(20,23)14-11-24-10-6-9-18(21)25-12-15-29-30-16-13-26-19(22)17-7-4-3-5-8-17/h3-5,7-8H,2,6,9-16H2,1H3. The Balaban J connectivity index is 1.89. The van der Waals surface area contributed by atoms with Crippen molar-refractivity contribution in [3.05, 3.63) is 35.9 Å². The number of ether oxygens (including phenoxy) is 3. The maximum absolute atomic E-state index is 13.3. The van der Waals surface area contributed by atoms with Gasteiger partial charge in [-0.1, -0.05) is 39.8 Å². The first kappa shape index (κ1) is 27.0. The molecule has 170 valence electrons. The molecule has 0 aliphatic heterocycles. The van der Waals surface area contributed by atoms with E-state index < -0.39 is 7.68 Å². The van der Waals surface area contributed by atoms with E-state index in [0.717, 1.165) is 0 Å². The van der Waals surface area contributed by atoms with Gasteiger partial charge in [0.15, 0.2) is 0 Å². The fraction of sp³-hybridized carbons (Fsp3) is 0.579. The molecule has 0 radical (unpaired) electrons. The quantitative estimate of drug-likeness (QED) is 0.135. The van der Waals surface area contributed by atoms with Crippen molar-refractivity contribution in [1.29, 1.82) is 0 Å². The van der Waals surface area contributed by atoms with Gasteiger partial charge >= 0.3 is 19.6 Å². The van der Waals surface area contributed by atoms with E-state index in [1.54, 1.807) is 31.2 Å². The second-order valence-corrected chi connectivity index (χ2v) is 10.4. The normalized spacial score (nSPS) is 12.9. The second kappa shape index (κ2) is 16.6. The summed E-state index contributed by atoms with van der Waals surface area (Å²) in [6, 6.07) is 8.81. The van der Waals surface area contributed by atoms with Crippen molar-refractivity contribution >= 4 is 41.2 Å². The van der Waals surface area contributed by atoms with Gasteiger partial charge in [0.1, 0.15) is 13.2 Å². The molecule has 1 atom stereocenters. The molecule has 1 unspecified atom stereocenters. The average Bonchev–Trinajstić information content (AvgIpc) is 2.72. The summed E-state index contributed by atoms with van der Waals surface area (Å²) >= 11 is 0. The molecular formula is C19H28FO7PS2. The Morgan fingerprint density at radius 1 is 1.00 bits per heavy atom. The zero-order valence-electron chi connectivity index (χ0n) is 17.0. The van der Waals surface area contributed by atoms with Crippen molar-refractivity contribution in [1.82, 2.24) is 0 Å². The van der Waals surface area contributed by atoms with Gasteiger partial charge in [-0.25, -0.2) is 4.79 Å². The van der Waals surface area contributed by atoms with Crippen LogP contribution in [0.4, 0.5) is 4.20 Å². The smallest absolute Gasteiger partial charge is 0.369 e. The van der Waals surface area contributed by atoms with E-state index in [1.807, 2.05) is 6.07 Å². The third kappa shape index (κ3) is 14.0. The Bertz CT molecular complexity index is 664. The molecule has 0 bridgehead atoms. The summed E-state index contributed by atoms with van der Waals surface area (Å²) in [5.74, 6) is 0.602. The molecule has 7 nitrogen and oxygen atoms in total. The molecule has 0 saturated carbocycles. The summed E-state index contributed by atoms with van der Waals surface area (Å²) in [6.07, 6.45) is 0.357. The minimum atomic E-state index is -4.05. The predicted molar refractivity (Wildman–Crippen MR) is 118 cm³/mol. The summed E-state index contributed by atoms with van der Waals surface area (Å²) < 4.78 is 44.4. The van der Waals surface area contributed by atoms with Gasteiger partial charge in [0.05, 0.1) is 24.9 Å². The largest absolute Gasteiger partial charge is 0.465 e. The van der Waals surface area contributed by atoms with Gasteiger partial charge in [-0.15, -0.1) is 0 Å². The van der Waals surface area contributed by atoms with Gasteiger partial charge in [-0.3, -0.25) is 9.36 Å². The van der Waals surface area contributed by atoms with E-state index in [4.69, 9.17) is 14.2 Å². The summed E-state index contributed by atoms with van der Waals surface area (Å²) in [6.45, 7) is 2.47. The molecule has 1 rings (SSSR count). The minimum Gasteiger partial charge on any atom is -0.465 e. The van der Waals surface area contributed by atoms with Crippen LogP contribution in [0.2, 0.25) is 0 Å². The van der Waals surface area contributed by atoms with Crippen LogP contribution in [0.15, 0.2) is 30.3 Å². The van der Waals surface area contributed by atoms with Crippen LogP contribution in [-0.4, -0.2) is 62.6 Å². The lowest BCUT2D eigenvalue weighted by Crippen LogP contribution is -2.09. The topological polar surface area (TPSA) is 88.1 Å². The number of hydrogen-bond donors (Lipinski definition) is 0. The first-order chi connectivity index (χ1) is 14.4. The Morgan fingerprint density at radius 2 is 1.67 bits per heavy atom. The van der Waals surface area contributed by atoms with Crippen molar-refractivity contribution in [2.24, 2.45) is 0 Å². The van der Waals surface area contributed by atoms with Gasteiger partial charge in [0.25, 0.3) is 0 Å². The molecule has 11 heteroatoms. The lowest BCUT2D eigenvalue weighted by Gasteiger charge is -2.08. The zero-order chi connectivity index (χ0) is 22.1. The van der Waals surface area contributed by atoms with Gasteiger partial charge in [0.2, 0.25) is 0 Å². The average molecular weight is 483 g/mol. The first-order valence-corrected chi connectivity index (χ1v) is 13.8. The van der Waals surface area contributed by atoms with Crippen LogP contribution in [0, 0.1) is 0 Å². The highest BCUT2D eigenvalue weighted by Gasteiger charge is 2.20. The van der Waals surface area contributed by atoms with E-state index in [-0.39, 0.29) is 44.3 Å². The third-order valence-electron chi connectivity index (χ3n) is 3.42. The van der Waals surface area contributed by atoms with Crippen molar-refractivity contribution in [3.8, 4) is 0 Å². The first-order valence-electron chi connectivity index (χ1n) is 9.58. The number of carbonyl (C=O) groups is 2. The molecule has 30 heavy (non-hydrogen) atoms. The third-order valence-corrected chi connectivity index (χ3v) is 7.11. The van der Waals surface area contributed by atoms with Crippen LogP contribution in [0.3, 0.4) is 0 Å². The molecule has 0 saturated heterocycles. The second-order valence-electron chi connectivity index (χ2n) is 5.81. The van der Waals surface area contributed by atoms with Crippen LogP contribution < -0.4 is 0 Å². The Kier molecular flexibility index (Phi) is 14.9. The van der Waals surface area contributed by atoms with Gasteiger partial charge in [-0.05, 0) is 25.5 Å². The van der Waals surface area contributed by atoms with Crippen molar-refractivity contribution < 1.29 is 37.1 Å². The SMILES string of the molecule is CCOP(=O)(F)CCOCCCC(=O)OCCSSCCOC(=O)c1ccccc1. The number of carbonyl (C=O) groups excluding carboxylic acids is 2. The number of esters is 2. The number of halogens is 1. The lowest BCUT2D eigenvalue weighted by molar-refractivity contribution is -0.143. The molecule has 1 aromatic rings. The van der Waals surface area contributed by atoms with E-state index in [1.165, 1.54) is 21.6 Å². The fourth-order valence-corrected chi connectivity index (χ4v) is 4.57. The molecule has 0 fully saturated rings. The molecule has 0 spiro atoms. The number of rotatable bonds is 17. The maximum atomic E-state index is 13.3. The molecule has 0 aliphatic rings. The zero-order valence-corrected chi connectivity index (χ0v) is 19.5. The van der Waals surface area contributed by atoms with Crippen LogP contribution in [0.25, 0.3) is 0 Å². The minimum absolute atomic E-state index is 0.0165. The summed E-state index contributed by atoms with van der Waals surface area (Å²) in [7, 11) is -0.982. The number of hydrogen-bond acceptors (Lipinski definition) is 9. The molecule has 0 heterocycles. The monoisotopic (exact) mass is 482 g/mol. The molecule has 1 aromatic carbocycles. The van der Waals surface area contributed by atoms with Gasteiger partial charge in [0, 0.05) is 24.5 Å². The number of benzene rings is 1. The Hall–Kier alpha value is -1.06. The van der Waals surface area contributed by atoms with Crippen LogP contribution in [0.5, 0.6) is 0 Å². The van der Waals surface area contributed by atoms with Crippen molar-refractivity contribution in [2.75, 3.05) is 50.7 Å². The Labute approximate surface area is 184 Å². The molecule has 0 aliphatic carbocycles. The highest BCUT2D eigenvalue weighted by Crippen LogP contribution is 2.47. The highest BCUT2D eigenvalue weighted by atomic mass is 33.1. The summed E-state index contributed by atoms with van der Waals surface area (Å²) in [5.41, 5.74) is 0.528. The van der Waals surface area contributed by atoms with Crippen molar-refractivity contribution in [3.63, 3.8) is 0 Å². The maximum Gasteiger partial charge on any atom is 0.369 e. The Morgan fingerprint density at radius 3 is 2.33 bits per heavy atom. The van der Waals surface area contributed by atoms with Gasteiger partial charge in [-0.2, -0.15) is 4.20 Å². The van der Waals surface area contributed by atoms with E-state index in [9.17, 15) is 18.4 Å². The van der Waals surface area contributed by atoms with Crippen LogP contribution >= 0.6 is 29.3 Å². The fourth-order valence-electron chi connectivity index (χ4n) is 2.06. The van der Waals surface area contributed by atoms with Crippen molar-refractivity contribution in [2.45, 2.75) is 19.8 Å². The summed E-state index contributed by atoms with van der Waals surface area (Å²) in [4.78, 5) is 23.3. The highest BCUT2D eigenvalue weighted by molar-refractivity contribution is 8.76. The van der Waals surface area contributed by atoms with E-state index >= 15 is 0 Å². The molecule has 0 N–H and O–H groups in total. The molecule has 0 aromatic heterocycles. The molecule has 0 amide bonds. The van der Waals surface area contributed by atoms with E-state index in [2.05, 4.69) is 4.52 Å². The van der Waals surface area contributed by atoms with Crippen LogP contribution in [0.1, 0.15) is 30.1 Å². The molecular weight excluding hydrogens is 454 g/mol.